The summed E-state index contributed by atoms with van der Waals surface area (Å²) >= 11 is 9.44. The van der Waals surface area contributed by atoms with Crippen LogP contribution in [0.25, 0.3) is 0 Å². The molecule has 0 spiro atoms. The van der Waals surface area contributed by atoms with E-state index in [1.807, 2.05) is 0 Å². The van der Waals surface area contributed by atoms with Gasteiger partial charge in [-0.2, -0.15) is 0 Å². The average molecular weight is 349 g/mol. The molecule has 0 bridgehead atoms. The Kier molecular flexibility index (Phi) is 5.22. The lowest BCUT2D eigenvalue weighted by Gasteiger charge is -2.23. The molecular weight excluding hydrogens is 333 g/mol. The Morgan fingerprint density at radius 2 is 1.89 bits per heavy atom. The minimum absolute atomic E-state index is 0.194. The highest BCUT2D eigenvalue weighted by Crippen LogP contribution is 2.29. The SMILES string of the molecule is O=C(C(Cl)c1cc(Br)ccc1F)N1CCCCCC1. The van der Waals surface area contributed by atoms with Crippen LogP contribution in [-0.4, -0.2) is 23.9 Å². The average Bonchev–Trinajstić information content (AvgIpc) is 2.69. The monoisotopic (exact) mass is 347 g/mol. The van der Waals surface area contributed by atoms with E-state index in [-0.39, 0.29) is 11.5 Å². The molecule has 1 atom stereocenters. The lowest BCUT2D eigenvalue weighted by molar-refractivity contribution is -0.130. The fraction of sp³-hybridized carbons (Fsp3) is 0.500. The molecule has 1 aromatic carbocycles. The molecule has 1 aliphatic rings. The third-order valence-electron chi connectivity index (χ3n) is 3.37. The number of carbonyl (C=O) groups is 1. The van der Waals surface area contributed by atoms with Crippen molar-refractivity contribution in [3.05, 3.63) is 34.1 Å². The first kappa shape index (κ1) is 14.8. The number of rotatable bonds is 2. The van der Waals surface area contributed by atoms with Crippen molar-refractivity contribution in [1.82, 2.24) is 4.90 Å². The molecule has 19 heavy (non-hydrogen) atoms. The lowest BCUT2D eigenvalue weighted by atomic mass is 10.1. The van der Waals surface area contributed by atoms with Crippen LogP contribution in [0.5, 0.6) is 0 Å². The third kappa shape index (κ3) is 3.69. The first-order valence-corrected chi connectivity index (χ1v) is 7.70. The zero-order valence-corrected chi connectivity index (χ0v) is 12.9. The van der Waals surface area contributed by atoms with E-state index in [9.17, 15) is 9.18 Å². The van der Waals surface area contributed by atoms with Gasteiger partial charge < -0.3 is 4.90 Å². The van der Waals surface area contributed by atoms with Crippen molar-refractivity contribution in [3.63, 3.8) is 0 Å². The van der Waals surface area contributed by atoms with E-state index in [4.69, 9.17) is 11.6 Å². The maximum absolute atomic E-state index is 13.8. The summed E-state index contributed by atoms with van der Waals surface area (Å²) in [5, 5.41) is -0.949. The van der Waals surface area contributed by atoms with Crippen molar-refractivity contribution in [2.75, 3.05) is 13.1 Å². The zero-order chi connectivity index (χ0) is 13.8. The van der Waals surface area contributed by atoms with Gasteiger partial charge in [-0.15, -0.1) is 11.6 Å². The topological polar surface area (TPSA) is 20.3 Å². The van der Waals surface area contributed by atoms with Crippen LogP contribution >= 0.6 is 27.5 Å². The van der Waals surface area contributed by atoms with Gasteiger partial charge in [-0.25, -0.2) is 4.39 Å². The molecule has 0 radical (unpaired) electrons. The Labute approximate surface area is 126 Å². The summed E-state index contributed by atoms with van der Waals surface area (Å²) in [5.74, 6) is -0.632. The predicted molar refractivity (Wildman–Crippen MR) is 77.7 cm³/mol. The quantitative estimate of drug-likeness (QED) is 0.731. The molecule has 104 valence electrons. The summed E-state index contributed by atoms with van der Waals surface area (Å²) in [6.07, 6.45) is 4.27. The summed E-state index contributed by atoms with van der Waals surface area (Å²) in [6.45, 7) is 1.44. The molecule has 0 aromatic heterocycles. The lowest BCUT2D eigenvalue weighted by Crippen LogP contribution is -2.34. The van der Waals surface area contributed by atoms with Crippen molar-refractivity contribution in [3.8, 4) is 0 Å². The van der Waals surface area contributed by atoms with Crippen LogP contribution in [0.3, 0.4) is 0 Å². The summed E-state index contributed by atoms with van der Waals surface area (Å²) in [7, 11) is 0. The van der Waals surface area contributed by atoms with Gasteiger partial charge in [-0.1, -0.05) is 28.8 Å². The number of hydrogen-bond donors (Lipinski definition) is 0. The van der Waals surface area contributed by atoms with Crippen LogP contribution in [-0.2, 0) is 4.79 Å². The molecule has 1 unspecified atom stereocenters. The molecular formula is C14H16BrClFNO. The Bertz CT molecular complexity index is 461. The van der Waals surface area contributed by atoms with E-state index in [1.54, 1.807) is 17.0 Å². The standard InChI is InChI=1S/C14H16BrClFNO/c15-10-5-6-12(17)11(9-10)13(16)14(19)18-7-3-1-2-4-8-18/h5-6,9,13H,1-4,7-8H2. The van der Waals surface area contributed by atoms with Gasteiger partial charge in [0.15, 0.2) is 0 Å². The Morgan fingerprint density at radius 3 is 2.53 bits per heavy atom. The van der Waals surface area contributed by atoms with E-state index in [0.717, 1.165) is 43.2 Å². The second kappa shape index (κ2) is 6.71. The molecule has 1 aliphatic heterocycles. The maximum atomic E-state index is 13.8. The zero-order valence-electron chi connectivity index (χ0n) is 10.5. The van der Waals surface area contributed by atoms with Gasteiger partial charge in [0.1, 0.15) is 11.2 Å². The summed E-state index contributed by atoms with van der Waals surface area (Å²) in [5.41, 5.74) is 0.241. The van der Waals surface area contributed by atoms with Crippen molar-refractivity contribution in [1.29, 1.82) is 0 Å². The number of benzene rings is 1. The van der Waals surface area contributed by atoms with Crippen LogP contribution in [0.15, 0.2) is 22.7 Å². The van der Waals surface area contributed by atoms with E-state index in [1.165, 1.54) is 6.07 Å². The number of alkyl halides is 1. The first-order valence-electron chi connectivity index (χ1n) is 6.47. The van der Waals surface area contributed by atoms with Crippen LogP contribution < -0.4 is 0 Å². The molecule has 2 rings (SSSR count). The molecule has 0 saturated carbocycles. The molecule has 1 heterocycles. The number of amides is 1. The molecule has 5 heteroatoms. The van der Waals surface area contributed by atoms with Crippen LogP contribution in [0.4, 0.5) is 4.39 Å². The second-order valence-corrected chi connectivity index (χ2v) is 6.12. The number of hydrogen-bond acceptors (Lipinski definition) is 1. The van der Waals surface area contributed by atoms with Crippen molar-refractivity contribution in [2.45, 2.75) is 31.1 Å². The second-order valence-electron chi connectivity index (χ2n) is 4.77. The molecule has 1 amide bonds. The maximum Gasteiger partial charge on any atom is 0.245 e. The summed E-state index contributed by atoms with van der Waals surface area (Å²) < 4.78 is 14.5. The fourth-order valence-corrected chi connectivity index (χ4v) is 2.98. The number of halogens is 3. The highest BCUT2D eigenvalue weighted by atomic mass is 79.9. The van der Waals surface area contributed by atoms with E-state index < -0.39 is 11.2 Å². The first-order chi connectivity index (χ1) is 9.09. The Hall–Kier alpha value is -0.610. The van der Waals surface area contributed by atoms with Crippen LogP contribution in [0, 0.1) is 5.82 Å². The third-order valence-corrected chi connectivity index (χ3v) is 4.28. The highest BCUT2D eigenvalue weighted by Gasteiger charge is 2.26. The smallest absolute Gasteiger partial charge is 0.245 e. The molecule has 1 aromatic rings. The van der Waals surface area contributed by atoms with Gasteiger partial charge in [0.25, 0.3) is 0 Å². The van der Waals surface area contributed by atoms with Gasteiger partial charge in [0, 0.05) is 23.1 Å². The normalized spacial score (nSPS) is 17.9. The van der Waals surface area contributed by atoms with Crippen molar-refractivity contribution in [2.24, 2.45) is 0 Å². The minimum atomic E-state index is -0.949. The summed E-state index contributed by atoms with van der Waals surface area (Å²) in [6, 6.07) is 4.49. The van der Waals surface area contributed by atoms with E-state index >= 15 is 0 Å². The van der Waals surface area contributed by atoms with Crippen molar-refractivity contribution < 1.29 is 9.18 Å². The number of likely N-dealkylation sites (tertiary alicyclic amines) is 1. The van der Waals surface area contributed by atoms with Crippen LogP contribution in [0.1, 0.15) is 36.6 Å². The molecule has 0 N–H and O–H groups in total. The highest BCUT2D eigenvalue weighted by molar-refractivity contribution is 9.10. The predicted octanol–water partition coefficient (Wildman–Crippen LogP) is 4.27. The fourth-order valence-electron chi connectivity index (χ4n) is 2.29. The molecule has 0 aliphatic carbocycles. The van der Waals surface area contributed by atoms with E-state index in [0.29, 0.717) is 0 Å². The molecule has 1 saturated heterocycles. The van der Waals surface area contributed by atoms with Crippen LogP contribution in [0.2, 0.25) is 0 Å². The Morgan fingerprint density at radius 1 is 1.26 bits per heavy atom. The minimum Gasteiger partial charge on any atom is -0.341 e. The van der Waals surface area contributed by atoms with Gasteiger partial charge in [0.2, 0.25) is 5.91 Å². The van der Waals surface area contributed by atoms with Gasteiger partial charge in [0.05, 0.1) is 0 Å². The van der Waals surface area contributed by atoms with Gasteiger partial charge in [-0.3, -0.25) is 4.79 Å². The largest absolute Gasteiger partial charge is 0.341 e. The molecule has 2 nitrogen and oxygen atoms in total. The van der Waals surface area contributed by atoms with Crippen molar-refractivity contribution >= 4 is 33.4 Å². The number of carbonyl (C=O) groups excluding carboxylic acids is 1. The number of nitrogens with zero attached hydrogens (tertiary/aromatic N) is 1. The van der Waals surface area contributed by atoms with E-state index in [2.05, 4.69) is 15.9 Å². The molecule has 1 fully saturated rings. The summed E-state index contributed by atoms with van der Waals surface area (Å²) in [4.78, 5) is 14.1. The van der Waals surface area contributed by atoms with Gasteiger partial charge >= 0.3 is 0 Å². The Balaban J connectivity index is 2.15. The van der Waals surface area contributed by atoms with Gasteiger partial charge in [-0.05, 0) is 31.0 Å².